The zero-order chi connectivity index (χ0) is 16.7. The molecule has 1 amide bonds. The number of pyridine rings is 1. The molecule has 2 rings (SSSR count). The molecule has 1 N–H and O–H groups in total. The topological polar surface area (TPSA) is 55.6 Å². The average Bonchev–Trinajstić information content (AvgIpc) is 2.65. The lowest BCUT2D eigenvalue weighted by molar-refractivity contribution is 0.0466. The number of carbonyl (C=O) groups is 1. The molecule has 2 aromatic heterocycles. The molecule has 0 aliphatic carbocycles. The van der Waals surface area contributed by atoms with E-state index in [2.05, 4.69) is 10.3 Å². The Bertz CT molecular complexity index is 719. The Morgan fingerprint density at radius 1 is 1.36 bits per heavy atom. The summed E-state index contributed by atoms with van der Waals surface area (Å²) < 4.78 is 21.4. The van der Waals surface area contributed by atoms with Crippen molar-refractivity contribution in [3.8, 4) is 0 Å². The molecule has 120 valence electrons. The lowest BCUT2D eigenvalue weighted by Gasteiger charge is -2.27. The molecule has 7 heteroatoms. The lowest BCUT2D eigenvalue weighted by Crippen LogP contribution is -2.44. The van der Waals surface area contributed by atoms with Gasteiger partial charge in [0.25, 0.3) is 0 Å². The minimum absolute atomic E-state index is 0.348. The summed E-state index contributed by atoms with van der Waals surface area (Å²) in [6.45, 7) is 8.98. The minimum Gasteiger partial charge on any atom is -0.444 e. The highest BCUT2D eigenvalue weighted by molar-refractivity contribution is 14.1. The number of nitrogens with one attached hydrogen (secondary N) is 1. The van der Waals surface area contributed by atoms with Gasteiger partial charge in [0.2, 0.25) is 0 Å². The number of carbonyl (C=O) groups excluding carboxylic acids is 1. The highest BCUT2D eigenvalue weighted by Gasteiger charge is 2.31. The third-order valence-electron chi connectivity index (χ3n) is 2.94. The minimum atomic E-state index is -0.817. The van der Waals surface area contributed by atoms with Crippen LogP contribution in [0.2, 0.25) is 0 Å². The number of hydrogen-bond acceptors (Lipinski definition) is 3. The first kappa shape index (κ1) is 17.0. The molecular weight excluding hydrogens is 400 g/mol. The lowest BCUT2D eigenvalue weighted by atomic mass is 10.1. The van der Waals surface area contributed by atoms with Gasteiger partial charge in [-0.3, -0.25) is 4.40 Å². The van der Waals surface area contributed by atoms with E-state index in [0.29, 0.717) is 15.0 Å². The van der Waals surface area contributed by atoms with Crippen LogP contribution >= 0.6 is 22.6 Å². The molecular formula is C15H19FIN3O2. The van der Waals surface area contributed by atoms with Crippen molar-refractivity contribution in [2.75, 3.05) is 0 Å². The summed E-state index contributed by atoms with van der Waals surface area (Å²) >= 11 is 1.98. The van der Waals surface area contributed by atoms with Crippen LogP contribution in [-0.2, 0) is 10.3 Å². The first-order valence-corrected chi connectivity index (χ1v) is 7.93. The number of ether oxygens (including phenoxy) is 1. The molecule has 0 bridgehead atoms. The smallest absolute Gasteiger partial charge is 0.408 e. The van der Waals surface area contributed by atoms with E-state index in [4.69, 9.17) is 4.74 Å². The molecule has 22 heavy (non-hydrogen) atoms. The summed E-state index contributed by atoms with van der Waals surface area (Å²) in [5, 5.41) is 2.78. The maximum Gasteiger partial charge on any atom is 0.408 e. The van der Waals surface area contributed by atoms with E-state index in [1.807, 2.05) is 22.6 Å². The van der Waals surface area contributed by atoms with Gasteiger partial charge in [0.1, 0.15) is 26.5 Å². The second-order valence-electron chi connectivity index (χ2n) is 6.55. The summed E-state index contributed by atoms with van der Waals surface area (Å²) in [5.41, 5.74) is -1.00. The largest absolute Gasteiger partial charge is 0.444 e. The summed E-state index contributed by atoms with van der Waals surface area (Å²) in [6, 6.07) is 2.99. The first-order chi connectivity index (χ1) is 10.0. The van der Waals surface area contributed by atoms with Crippen molar-refractivity contribution in [2.45, 2.75) is 45.8 Å². The monoisotopic (exact) mass is 419 g/mol. The van der Waals surface area contributed by atoms with Gasteiger partial charge in [-0.1, -0.05) is 0 Å². The van der Waals surface area contributed by atoms with Crippen LogP contribution in [0.4, 0.5) is 9.18 Å². The molecule has 0 spiro atoms. The zero-order valence-electron chi connectivity index (χ0n) is 13.2. The summed E-state index contributed by atoms with van der Waals surface area (Å²) in [7, 11) is 0. The number of imidazole rings is 1. The highest BCUT2D eigenvalue weighted by atomic mass is 127. The Morgan fingerprint density at radius 2 is 2.00 bits per heavy atom. The Hall–Kier alpha value is -1.38. The summed E-state index contributed by atoms with van der Waals surface area (Å²) in [6.07, 6.45) is 1.18. The third-order valence-corrected chi connectivity index (χ3v) is 3.70. The first-order valence-electron chi connectivity index (χ1n) is 6.85. The fraction of sp³-hybridized carbons (Fsp3) is 0.467. The van der Waals surface area contributed by atoms with Gasteiger partial charge in [0.15, 0.2) is 0 Å². The molecule has 0 atom stereocenters. The average molecular weight is 419 g/mol. The Kier molecular flexibility index (Phi) is 4.38. The number of rotatable bonds is 2. The van der Waals surface area contributed by atoms with E-state index in [1.165, 1.54) is 6.07 Å². The van der Waals surface area contributed by atoms with Crippen LogP contribution < -0.4 is 5.32 Å². The molecule has 0 radical (unpaired) electrons. The molecule has 2 aromatic rings. The maximum atomic E-state index is 14.0. The second kappa shape index (κ2) is 5.68. The van der Waals surface area contributed by atoms with E-state index < -0.39 is 17.2 Å². The number of hydrogen-bond donors (Lipinski definition) is 1. The van der Waals surface area contributed by atoms with Gasteiger partial charge in [-0.25, -0.2) is 14.2 Å². The number of alkyl carbamates (subject to hydrolysis) is 1. The van der Waals surface area contributed by atoms with Crippen LogP contribution in [0.1, 0.15) is 40.4 Å². The van der Waals surface area contributed by atoms with Crippen molar-refractivity contribution in [2.24, 2.45) is 0 Å². The van der Waals surface area contributed by atoms with Crippen LogP contribution in [0.3, 0.4) is 0 Å². The second-order valence-corrected chi connectivity index (χ2v) is 7.57. The normalized spacial score (nSPS) is 12.5. The molecule has 0 saturated heterocycles. The summed E-state index contributed by atoms with van der Waals surface area (Å²) in [5.74, 6) is 0.191. The van der Waals surface area contributed by atoms with E-state index in [1.54, 1.807) is 51.3 Å². The standard InChI is InChI=1S/C15H19FIN3O2/c1-14(2,3)22-13(21)19-15(4,5)12-18-11(17)10-9(16)7-6-8-20(10)12/h6-8H,1-5H3,(H,19,21). The number of amides is 1. The van der Waals surface area contributed by atoms with Crippen LogP contribution in [0.25, 0.3) is 5.52 Å². The molecule has 5 nitrogen and oxygen atoms in total. The fourth-order valence-corrected chi connectivity index (χ4v) is 2.86. The molecule has 0 aromatic carbocycles. The number of nitrogens with zero attached hydrogens (tertiary/aromatic N) is 2. The van der Waals surface area contributed by atoms with E-state index in [0.717, 1.165) is 0 Å². The van der Waals surface area contributed by atoms with Gasteiger partial charge >= 0.3 is 6.09 Å². The Balaban J connectivity index is 2.38. The van der Waals surface area contributed by atoms with E-state index in [-0.39, 0.29) is 5.82 Å². The zero-order valence-corrected chi connectivity index (χ0v) is 15.4. The van der Waals surface area contributed by atoms with Crippen molar-refractivity contribution in [1.29, 1.82) is 0 Å². The van der Waals surface area contributed by atoms with Crippen molar-refractivity contribution >= 4 is 34.2 Å². The quantitative estimate of drug-likeness (QED) is 0.753. The van der Waals surface area contributed by atoms with Crippen LogP contribution in [0.5, 0.6) is 0 Å². The molecule has 0 aliphatic heterocycles. The molecule has 0 saturated carbocycles. The Morgan fingerprint density at radius 3 is 2.59 bits per heavy atom. The highest BCUT2D eigenvalue weighted by Crippen LogP contribution is 2.26. The predicted molar refractivity (Wildman–Crippen MR) is 90.3 cm³/mol. The van der Waals surface area contributed by atoms with Crippen LogP contribution in [0.15, 0.2) is 18.3 Å². The number of fused-ring (bicyclic) bond motifs is 1. The Labute approximate surface area is 142 Å². The molecule has 0 aliphatic rings. The van der Waals surface area contributed by atoms with Gasteiger partial charge in [-0.2, -0.15) is 0 Å². The van der Waals surface area contributed by atoms with Gasteiger partial charge < -0.3 is 10.1 Å². The maximum absolute atomic E-state index is 14.0. The van der Waals surface area contributed by atoms with Gasteiger partial charge in [-0.05, 0) is 69.3 Å². The van der Waals surface area contributed by atoms with Gasteiger partial charge in [0.05, 0.1) is 5.54 Å². The van der Waals surface area contributed by atoms with Crippen LogP contribution in [0, 0.1) is 9.52 Å². The SMILES string of the molecule is CC(C)(C)OC(=O)NC(C)(C)c1nc(I)c2c(F)cccn12. The summed E-state index contributed by atoms with van der Waals surface area (Å²) in [4.78, 5) is 16.4. The van der Waals surface area contributed by atoms with E-state index in [9.17, 15) is 9.18 Å². The number of aromatic nitrogens is 2. The fourth-order valence-electron chi connectivity index (χ4n) is 2.11. The third kappa shape index (κ3) is 3.50. The van der Waals surface area contributed by atoms with Crippen molar-refractivity contribution < 1.29 is 13.9 Å². The predicted octanol–water partition coefficient (Wildman–Crippen LogP) is 3.84. The van der Waals surface area contributed by atoms with E-state index >= 15 is 0 Å². The molecule has 0 fully saturated rings. The van der Waals surface area contributed by atoms with Gasteiger partial charge in [-0.15, -0.1) is 0 Å². The number of halogens is 2. The molecule has 2 heterocycles. The van der Waals surface area contributed by atoms with Crippen molar-refractivity contribution in [3.05, 3.63) is 33.7 Å². The van der Waals surface area contributed by atoms with Crippen molar-refractivity contribution in [3.63, 3.8) is 0 Å². The van der Waals surface area contributed by atoms with Crippen molar-refractivity contribution in [1.82, 2.24) is 14.7 Å². The van der Waals surface area contributed by atoms with Gasteiger partial charge in [0, 0.05) is 6.20 Å². The molecule has 0 unspecified atom stereocenters. The van der Waals surface area contributed by atoms with Crippen LogP contribution in [-0.4, -0.2) is 21.1 Å².